The maximum atomic E-state index is 9.43. The van der Waals surface area contributed by atoms with E-state index in [0.717, 1.165) is 60.2 Å². The van der Waals surface area contributed by atoms with Crippen LogP contribution in [0.5, 0.6) is 0 Å². The van der Waals surface area contributed by atoms with Crippen LogP contribution in [0.1, 0.15) is 22.1 Å². The van der Waals surface area contributed by atoms with Gasteiger partial charge in [0.2, 0.25) is 0 Å². The highest BCUT2D eigenvalue weighted by Crippen LogP contribution is 2.45. The summed E-state index contributed by atoms with van der Waals surface area (Å²) in [6, 6.07) is 36.8. The van der Waals surface area contributed by atoms with Gasteiger partial charge in [-0.2, -0.15) is 0 Å². The van der Waals surface area contributed by atoms with Crippen molar-refractivity contribution in [1.82, 2.24) is 0 Å². The minimum absolute atomic E-state index is 0.170. The predicted octanol–water partition coefficient (Wildman–Crippen LogP) is 13.1. The molecule has 0 bridgehead atoms. The molecule has 0 spiro atoms. The molecule has 1 aromatic heterocycles. The summed E-state index contributed by atoms with van der Waals surface area (Å²) in [6.45, 7) is 0. The predicted molar refractivity (Wildman–Crippen MR) is 204 cm³/mol. The summed E-state index contributed by atoms with van der Waals surface area (Å²) < 4.78 is 79.4. The van der Waals surface area contributed by atoms with Crippen LogP contribution in [0, 0.1) is 0 Å². The molecule has 10 aromatic rings. The quantitative estimate of drug-likeness (QED) is 0.179. The number of hydrogen-bond acceptors (Lipinski definition) is 1. The average Bonchev–Trinajstić information content (AvgIpc) is 3.61. The molecule has 0 atom stereocenters. The zero-order valence-corrected chi connectivity index (χ0v) is 25.7. The Bertz CT molecular complexity index is 3250. The van der Waals surface area contributed by atoms with Crippen molar-refractivity contribution >= 4 is 65.0 Å². The summed E-state index contributed by atoms with van der Waals surface area (Å²) in [7, 11) is 0. The number of rotatable bonds is 4. The summed E-state index contributed by atoms with van der Waals surface area (Å²) in [4.78, 5) is 0. The molecular weight excluding hydrogens is 581 g/mol. The van der Waals surface area contributed by atoms with Crippen molar-refractivity contribution in [2.24, 2.45) is 0 Å². The largest absolute Gasteiger partial charge is 0.455 e. The van der Waals surface area contributed by atoms with Gasteiger partial charge in [0.15, 0.2) is 0 Å². The molecule has 0 radical (unpaired) electrons. The summed E-state index contributed by atoms with van der Waals surface area (Å²) in [6.07, 6.45) is 0.170. The number of furan rings is 1. The van der Waals surface area contributed by atoms with E-state index in [9.17, 15) is 5.48 Å². The van der Waals surface area contributed by atoms with Crippen molar-refractivity contribution in [3.63, 3.8) is 0 Å². The fraction of sp³-hybridized carbons (Fsp3) is 0.0213. The summed E-state index contributed by atoms with van der Waals surface area (Å²) in [5.74, 6) is 0. The number of hydrogen-bond donors (Lipinski definition) is 0. The topological polar surface area (TPSA) is 13.1 Å². The maximum absolute atomic E-state index is 9.43. The fourth-order valence-electron chi connectivity index (χ4n) is 7.41. The van der Waals surface area contributed by atoms with Crippen LogP contribution in [-0.2, 0) is 6.42 Å². The van der Waals surface area contributed by atoms with E-state index in [4.69, 9.17) is 9.90 Å². The molecule has 224 valence electrons. The van der Waals surface area contributed by atoms with Gasteiger partial charge in [0.1, 0.15) is 11.2 Å². The number of fused-ring (bicyclic) bond motifs is 7. The Morgan fingerprint density at radius 1 is 0.438 bits per heavy atom. The molecule has 0 saturated heterocycles. The third-order valence-corrected chi connectivity index (χ3v) is 9.56. The first-order chi connectivity index (χ1) is 27.1. The molecule has 1 heteroatoms. The highest BCUT2D eigenvalue weighted by Gasteiger charge is 2.20. The van der Waals surface area contributed by atoms with Gasteiger partial charge in [-0.05, 0) is 83.4 Å². The SMILES string of the molecule is [2H]c1c([2H])c([2H])c2c(-c3ccc(-c4cccc5c4oc4ccccc45)c4ccccc34)c3c([2H])c([2H])c([2H])c([2H])c3c(Cc3ccc4ccccc4c3)c2c1[2H]. The van der Waals surface area contributed by atoms with Crippen LogP contribution in [0.3, 0.4) is 0 Å². The molecule has 0 aliphatic carbocycles. The maximum Gasteiger partial charge on any atom is 0.143 e. The van der Waals surface area contributed by atoms with Gasteiger partial charge in [0.05, 0.1) is 11.0 Å². The molecule has 0 N–H and O–H groups in total. The van der Waals surface area contributed by atoms with Gasteiger partial charge in [-0.3, -0.25) is 0 Å². The second-order valence-electron chi connectivity index (χ2n) is 12.2. The third kappa shape index (κ3) is 4.11. The van der Waals surface area contributed by atoms with E-state index < -0.39 is 24.2 Å². The Hall–Kier alpha value is -6.18. The second-order valence-corrected chi connectivity index (χ2v) is 12.2. The van der Waals surface area contributed by atoms with Crippen molar-refractivity contribution < 1.29 is 15.4 Å². The lowest BCUT2D eigenvalue weighted by Crippen LogP contribution is -1.96. The van der Waals surface area contributed by atoms with Gasteiger partial charge in [-0.15, -0.1) is 0 Å². The van der Waals surface area contributed by atoms with Crippen LogP contribution in [0.2, 0.25) is 0 Å². The van der Waals surface area contributed by atoms with E-state index in [1.165, 1.54) is 0 Å². The highest BCUT2D eigenvalue weighted by atomic mass is 16.3. The van der Waals surface area contributed by atoms with Crippen molar-refractivity contribution in [3.8, 4) is 22.3 Å². The second kappa shape index (κ2) is 10.7. The Kier molecular flexibility index (Phi) is 4.48. The number of benzene rings is 9. The first kappa shape index (κ1) is 20.1. The highest BCUT2D eigenvalue weighted by molar-refractivity contribution is 6.20. The van der Waals surface area contributed by atoms with Gasteiger partial charge in [0.25, 0.3) is 0 Å². The molecule has 1 nitrogen and oxygen atoms in total. The Labute approximate surface area is 289 Å². The van der Waals surface area contributed by atoms with E-state index in [1.54, 1.807) is 0 Å². The van der Waals surface area contributed by atoms with E-state index in [1.807, 2.05) is 121 Å². The Morgan fingerprint density at radius 3 is 1.81 bits per heavy atom. The van der Waals surface area contributed by atoms with E-state index in [2.05, 4.69) is 0 Å². The first-order valence-electron chi connectivity index (χ1n) is 20.0. The fourth-order valence-corrected chi connectivity index (χ4v) is 7.41. The number of para-hydroxylation sites is 2. The summed E-state index contributed by atoms with van der Waals surface area (Å²) in [5, 5.41) is 6.51. The van der Waals surface area contributed by atoms with Gasteiger partial charge in [-0.25, -0.2) is 0 Å². The van der Waals surface area contributed by atoms with Gasteiger partial charge in [-0.1, -0.05) is 164 Å². The van der Waals surface area contributed by atoms with Crippen molar-refractivity contribution in [3.05, 3.63) is 181 Å². The van der Waals surface area contributed by atoms with Crippen molar-refractivity contribution in [1.29, 1.82) is 0 Å². The molecule has 0 aliphatic heterocycles. The zero-order valence-electron chi connectivity index (χ0n) is 33.7. The zero-order chi connectivity index (χ0) is 38.6. The minimum Gasteiger partial charge on any atom is -0.455 e. The van der Waals surface area contributed by atoms with Gasteiger partial charge in [0, 0.05) is 16.3 Å². The first-order valence-corrected chi connectivity index (χ1v) is 16.0. The standard InChI is InChI=1S/C47H30O/c1-2-13-32-28-30(24-25-31(32)12-1)29-44-35-16-5-7-19-39(35)46(40-20-8-6-17-36(40)44)41-27-26-37(33-14-3-4-15-34(33)41)42-21-11-22-43-38-18-9-10-23-45(38)48-47(42)43/h1-28H,29H2/i5D,6D,7D,8D,16D,17D,19D,20D. The molecule has 0 saturated carbocycles. The smallest absolute Gasteiger partial charge is 0.143 e. The monoisotopic (exact) mass is 618 g/mol. The molecule has 10 rings (SSSR count). The lowest BCUT2D eigenvalue weighted by molar-refractivity contribution is 0.670. The average molecular weight is 619 g/mol. The lowest BCUT2D eigenvalue weighted by Gasteiger charge is -2.19. The van der Waals surface area contributed by atoms with Crippen LogP contribution in [0.15, 0.2) is 174 Å². The third-order valence-electron chi connectivity index (χ3n) is 9.56. The van der Waals surface area contributed by atoms with Gasteiger partial charge >= 0.3 is 0 Å². The van der Waals surface area contributed by atoms with Gasteiger partial charge < -0.3 is 4.42 Å². The normalized spacial score (nSPS) is 14.2. The molecule has 9 aromatic carbocycles. The van der Waals surface area contributed by atoms with E-state index in [0.29, 0.717) is 16.7 Å². The van der Waals surface area contributed by atoms with Crippen molar-refractivity contribution in [2.45, 2.75) is 6.42 Å². The Balaban J connectivity index is 1.35. The van der Waals surface area contributed by atoms with Crippen LogP contribution >= 0.6 is 0 Å². The Morgan fingerprint density at radius 2 is 1.04 bits per heavy atom. The molecule has 0 aliphatic rings. The van der Waals surface area contributed by atoms with Crippen LogP contribution in [-0.4, -0.2) is 0 Å². The molecule has 48 heavy (non-hydrogen) atoms. The molecular formula is C47H30O. The van der Waals surface area contributed by atoms with Crippen LogP contribution in [0.25, 0.3) is 87.3 Å². The van der Waals surface area contributed by atoms with Crippen molar-refractivity contribution in [2.75, 3.05) is 0 Å². The van der Waals surface area contributed by atoms with Crippen LogP contribution in [0.4, 0.5) is 0 Å². The molecule has 0 amide bonds. The van der Waals surface area contributed by atoms with Crippen LogP contribution < -0.4 is 0 Å². The molecule has 0 fully saturated rings. The minimum atomic E-state index is -0.418. The summed E-state index contributed by atoms with van der Waals surface area (Å²) >= 11 is 0. The molecule has 1 heterocycles. The lowest BCUT2D eigenvalue weighted by atomic mass is 9.84. The summed E-state index contributed by atoms with van der Waals surface area (Å²) in [5.41, 5.74) is 5.47. The van der Waals surface area contributed by atoms with E-state index in [-0.39, 0.29) is 52.1 Å². The molecule has 0 unspecified atom stereocenters. The van der Waals surface area contributed by atoms with E-state index >= 15 is 0 Å².